The van der Waals surface area contributed by atoms with Crippen molar-refractivity contribution in [2.75, 3.05) is 0 Å². The molecule has 0 aliphatic carbocycles. The molecule has 8 nitrogen and oxygen atoms in total. The van der Waals surface area contributed by atoms with Gasteiger partial charge in [0.1, 0.15) is 0 Å². The summed E-state index contributed by atoms with van der Waals surface area (Å²) < 4.78 is 2.91. The molecule has 3 rings (SSSR count). The lowest BCUT2D eigenvalue weighted by molar-refractivity contribution is 0.0651. The number of benzene rings is 1. The van der Waals surface area contributed by atoms with Crippen molar-refractivity contribution in [3.05, 3.63) is 60.2 Å². The van der Waals surface area contributed by atoms with Crippen LogP contribution in [0, 0.1) is 0 Å². The first-order valence-electron chi connectivity index (χ1n) is 6.22. The molecule has 2 N–H and O–H groups in total. The standard InChI is InChI=1S/C14H10N4O4/c19-13(20)9-7-11(17-5-1-3-15-17)12(8-10(9)14(21)22)18-6-2-4-16-18/h1-8H,(H,19,20)(H,21,22). The van der Waals surface area contributed by atoms with Gasteiger partial charge in [-0.15, -0.1) is 0 Å². The van der Waals surface area contributed by atoms with Crippen molar-refractivity contribution in [2.45, 2.75) is 0 Å². The molecule has 2 aromatic heterocycles. The summed E-state index contributed by atoms with van der Waals surface area (Å²) >= 11 is 0. The molecule has 0 fully saturated rings. The molecular weight excluding hydrogens is 288 g/mol. The summed E-state index contributed by atoms with van der Waals surface area (Å²) in [4.78, 5) is 22.7. The van der Waals surface area contributed by atoms with Crippen LogP contribution in [0.4, 0.5) is 0 Å². The molecule has 0 saturated heterocycles. The quantitative estimate of drug-likeness (QED) is 0.754. The van der Waals surface area contributed by atoms with E-state index in [4.69, 9.17) is 0 Å². The zero-order valence-corrected chi connectivity index (χ0v) is 11.1. The summed E-state index contributed by atoms with van der Waals surface area (Å²) in [5.74, 6) is -2.64. The van der Waals surface area contributed by atoms with Crippen LogP contribution in [0.2, 0.25) is 0 Å². The number of hydrogen-bond acceptors (Lipinski definition) is 4. The number of carboxylic acids is 2. The molecule has 22 heavy (non-hydrogen) atoms. The molecule has 0 saturated carbocycles. The Balaban J connectivity index is 2.34. The molecule has 0 spiro atoms. The molecule has 2 heterocycles. The van der Waals surface area contributed by atoms with Crippen LogP contribution in [0.1, 0.15) is 20.7 Å². The number of rotatable bonds is 4. The van der Waals surface area contributed by atoms with Crippen molar-refractivity contribution in [3.63, 3.8) is 0 Å². The minimum Gasteiger partial charge on any atom is -0.478 e. The van der Waals surface area contributed by atoms with Crippen LogP contribution in [0.15, 0.2) is 49.1 Å². The minimum absolute atomic E-state index is 0.311. The van der Waals surface area contributed by atoms with Crippen molar-refractivity contribution in [1.29, 1.82) is 0 Å². The molecule has 0 unspecified atom stereocenters. The number of nitrogens with zero attached hydrogens (tertiary/aromatic N) is 4. The molecule has 1 aromatic carbocycles. The molecule has 3 aromatic rings. The van der Waals surface area contributed by atoms with E-state index in [9.17, 15) is 19.8 Å². The van der Waals surface area contributed by atoms with Gasteiger partial charge in [-0.3, -0.25) is 0 Å². The second kappa shape index (κ2) is 5.17. The summed E-state index contributed by atoms with van der Waals surface area (Å²) in [6.07, 6.45) is 6.35. The van der Waals surface area contributed by atoms with E-state index in [0.29, 0.717) is 11.4 Å². The molecule has 0 bridgehead atoms. The summed E-state index contributed by atoms with van der Waals surface area (Å²) in [5, 5.41) is 26.6. The molecule has 0 radical (unpaired) electrons. The number of aromatic nitrogens is 4. The van der Waals surface area contributed by atoms with Crippen molar-refractivity contribution in [2.24, 2.45) is 0 Å². The van der Waals surface area contributed by atoms with Crippen LogP contribution >= 0.6 is 0 Å². The highest BCUT2D eigenvalue weighted by molar-refractivity contribution is 6.03. The third-order valence-corrected chi connectivity index (χ3v) is 3.08. The van der Waals surface area contributed by atoms with E-state index in [1.807, 2.05) is 0 Å². The monoisotopic (exact) mass is 298 g/mol. The fourth-order valence-corrected chi connectivity index (χ4v) is 2.12. The normalized spacial score (nSPS) is 10.5. The maximum absolute atomic E-state index is 11.3. The fraction of sp³-hybridized carbons (Fsp3) is 0. The third kappa shape index (κ3) is 2.22. The van der Waals surface area contributed by atoms with E-state index in [1.165, 1.54) is 21.5 Å². The summed E-state index contributed by atoms with van der Waals surface area (Å²) in [6.45, 7) is 0. The molecule has 0 aliphatic rings. The van der Waals surface area contributed by atoms with Crippen molar-refractivity contribution < 1.29 is 19.8 Å². The summed E-state index contributed by atoms with van der Waals surface area (Å²) in [5.41, 5.74) is 0.204. The van der Waals surface area contributed by atoms with Crippen LogP contribution in [-0.4, -0.2) is 41.7 Å². The van der Waals surface area contributed by atoms with Gasteiger partial charge in [-0.05, 0) is 24.3 Å². The van der Waals surface area contributed by atoms with Gasteiger partial charge in [0.05, 0.1) is 22.5 Å². The second-order valence-corrected chi connectivity index (χ2v) is 4.40. The first-order chi connectivity index (χ1) is 10.6. The number of hydrogen-bond donors (Lipinski definition) is 2. The summed E-state index contributed by atoms with van der Waals surface area (Å²) in [6, 6.07) is 5.91. The average molecular weight is 298 g/mol. The minimum atomic E-state index is -1.32. The average Bonchev–Trinajstić information content (AvgIpc) is 3.19. The molecule has 0 atom stereocenters. The Labute approximate surface area is 123 Å². The van der Waals surface area contributed by atoms with Gasteiger partial charge >= 0.3 is 11.9 Å². The first kappa shape index (κ1) is 13.6. The van der Waals surface area contributed by atoms with Crippen molar-refractivity contribution in [1.82, 2.24) is 19.6 Å². The predicted molar refractivity (Wildman–Crippen MR) is 74.6 cm³/mol. The fourth-order valence-electron chi connectivity index (χ4n) is 2.12. The van der Waals surface area contributed by atoms with Gasteiger partial charge in [0.2, 0.25) is 0 Å². The molecule has 110 valence electrons. The van der Waals surface area contributed by atoms with E-state index in [0.717, 1.165) is 0 Å². The van der Waals surface area contributed by atoms with Gasteiger partial charge in [0.25, 0.3) is 0 Å². The van der Waals surface area contributed by atoms with Gasteiger partial charge in [-0.25, -0.2) is 19.0 Å². The Morgan fingerprint density at radius 1 is 0.818 bits per heavy atom. The van der Waals surface area contributed by atoms with Crippen molar-refractivity contribution in [3.8, 4) is 11.4 Å². The SMILES string of the molecule is O=C(O)c1cc(-n2cccn2)c(-n2cccn2)cc1C(=O)O. The van der Waals surface area contributed by atoms with E-state index >= 15 is 0 Å². The Bertz CT molecular complexity index is 767. The van der Waals surface area contributed by atoms with Gasteiger partial charge in [-0.1, -0.05) is 0 Å². The Morgan fingerprint density at radius 2 is 1.23 bits per heavy atom. The van der Waals surface area contributed by atoms with Crippen LogP contribution in [-0.2, 0) is 0 Å². The summed E-state index contributed by atoms with van der Waals surface area (Å²) in [7, 11) is 0. The highest BCUT2D eigenvalue weighted by atomic mass is 16.4. The lowest BCUT2D eigenvalue weighted by Gasteiger charge is -2.13. The van der Waals surface area contributed by atoms with E-state index in [1.54, 1.807) is 36.9 Å². The van der Waals surface area contributed by atoms with Crippen LogP contribution < -0.4 is 0 Å². The Morgan fingerprint density at radius 3 is 1.50 bits per heavy atom. The third-order valence-electron chi connectivity index (χ3n) is 3.08. The first-order valence-corrected chi connectivity index (χ1v) is 6.22. The van der Waals surface area contributed by atoms with Gasteiger partial charge < -0.3 is 10.2 Å². The van der Waals surface area contributed by atoms with E-state index in [2.05, 4.69) is 10.2 Å². The maximum Gasteiger partial charge on any atom is 0.336 e. The molecular formula is C14H10N4O4. The predicted octanol–water partition coefficient (Wildman–Crippen LogP) is 1.45. The molecule has 8 heteroatoms. The van der Waals surface area contributed by atoms with Crippen LogP contribution in [0.25, 0.3) is 11.4 Å². The molecule has 0 aliphatic heterocycles. The lowest BCUT2D eigenvalue weighted by atomic mass is 10.0. The second-order valence-electron chi connectivity index (χ2n) is 4.40. The Hall–Kier alpha value is -3.42. The smallest absolute Gasteiger partial charge is 0.336 e. The number of carboxylic acid groups (broad SMARTS) is 2. The lowest BCUT2D eigenvalue weighted by Crippen LogP contribution is -2.13. The highest BCUT2D eigenvalue weighted by Crippen LogP contribution is 2.24. The van der Waals surface area contributed by atoms with Gasteiger partial charge in [-0.2, -0.15) is 10.2 Å². The zero-order chi connectivity index (χ0) is 15.7. The Kier molecular flexibility index (Phi) is 3.18. The maximum atomic E-state index is 11.3. The largest absolute Gasteiger partial charge is 0.478 e. The van der Waals surface area contributed by atoms with Gasteiger partial charge in [0, 0.05) is 24.8 Å². The topological polar surface area (TPSA) is 110 Å². The zero-order valence-electron chi connectivity index (χ0n) is 11.1. The number of carbonyl (C=O) groups is 2. The van der Waals surface area contributed by atoms with Crippen molar-refractivity contribution >= 4 is 11.9 Å². The van der Waals surface area contributed by atoms with Crippen LogP contribution in [0.3, 0.4) is 0 Å². The highest BCUT2D eigenvalue weighted by Gasteiger charge is 2.21. The van der Waals surface area contributed by atoms with Crippen LogP contribution in [0.5, 0.6) is 0 Å². The van der Waals surface area contributed by atoms with E-state index < -0.39 is 11.9 Å². The number of aromatic carboxylic acids is 2. The van der Waals surface area contributed by atoms with E-state index in [-0.39, 0.29) is 11.1 Å². The van der Waals surface area contributed by atoms with Gasteiger partial charge in [0.15, 0.2) is 0 Å². The molecule has 0 amide bonds.